The maximum absolute atomic E-state index is 12.7. The van der Waals surface area contributed by atoms with Crippen LogP contribution in [-0.2, 0) is 17.9 Å². The van der Waals surface area contributed by atoms with E-state index in [2.05, 4.69) is 20.0 Å². The van der Waals surface area contributed by atoms with Crippen LogP contribution in [0.1, 0.15) is 43.2 Å². The van der Waals surface area contributed by atoms with Gasteiger partial charge in [-0.2, -0.15) is 5.10 Å². The zero-order chi connectivity index (χ0) is 17.6. The molecule has 134 valence electrons. The largest absolute Gasteiger partial charge is 0.332 e. The third-order valence-electron chi connectivity index (χ3n) is 4.42. The van der Waals surface area contributed by atoms with E-state index < -0.39 is 0 Å². The summed E-state index contributed by atoms with van der Waals surface area (Å²) in [5.41, 5.74) is 0.994. The van der Waals surface area contributed by atoms with Gasteiger partial charge in [-0.3, -0.25) is 9.48 Å². The van der Waals surface area contributed by atoms with Gasteiger partial charge in [0.15, 0.2) is 5.82 Å². The lowest BCUT2D eigenvalue weighted by atomic mass is 10.2. The second kappa shape index (κ2) is 8.20. The molecule has 0 spiro atoms. The molecular weight excluding hydrogens is 316 g/mol. The Labute approximate surface area is 148 Å². The fourth-order valence-electron chi connectivity index (χ4n) is 3.29. The monoisotopic (exact) mass is 342 g/mol. The van der Waals surface area contributed by atoms with Crippen LogP contribution in [0.4, 0.5) is 0 Å². The molecule has 7 nitrogen and oxygen atoms in total. The molecule has 2 aromatic rings. The van der Waals surface area contributed by atoms with Crippen LogP contribution in [0.2, 0.25) is 0 Å². The number of aromatic nitrogens is 4. The number of hydrogen-bond acceptors (Lipinski definition) is 5. The lowest BCUT2D eigenvalue weighted by Gasteiger charge is -2.24. The fourth-order valence-corrected chi connectivity index (χ4v) is 3.29. The summed E-state index contributed by atoms with van der Waals surface area (Å²) in [6.07, 6.45) is 8.77. The van der Waals surface area contributed by atoms with Gasteiger partial charge in [0.05, 0.1) is 11.7 Å². The van der Waals surface area contributed by atoms with E-state index in [9.17, 15) is 4.79 Å². The Morgan fingerprint density at radius 3 is 3.00 bits per heavy atom. The molecule has 1 atom stereocenters. The minimum Gasteiger partial charge on any atom is -0.332 e. The minimum atomic E-state index is 0.0133. The van der Waals surface area contributed by atoms with E-state index in [-0.39, 0.29) is 11.9 Å². The highest BCUT2D eigenvalue weighted by atomic mass is 16.2. The zero-order valence-electron chi connectivity index (χ0n) is 15.0. The van der Waals surface area contributed by atoms with E-state index >= 15 is 0 Å². The molecule has 1 saturated heterocycles. The number of hydrogen-bond donors (Lipinski definition) is 0. The predicted molar refractivity (Wildman–Crippen MR) is 94.6 cm³/mol. The van der Waals surface area contributed by atoms with Crippen molar-refractivity contribution in [3.05, 3.63) is 42.2 Å². The van der Waals surface area contributed by atoms with Gasteiger partial charge >= 0.3 is 0 Å². The number of amides is 1. The second-order valence-corrected chi connectivity index (χ2v) is 6.76. The third-order valence-corrected chi connectivity index (χ3v) is 4.42. The lowest BCUT2D eigenvalue weighted by Crippen LogP contribution is -2.31. The summed E-state index contributed by atoms with van der Waals surface area (Å²) in [4.78, 5) is 25.8. The van der Waals surface area contributed by atoms with Gasteiger partial charge in [0.1, 0.15) is 0 Å². The summed E-state index contributed by atoms with van der Waals surface area (Å²) in [7, 11) is 4.04. The van der Waals surface area contributed by atoms with Gasteiger partial charge in [0.25, 0.3) is 0 Å². The van der Waals surface area contributed by atoms with E-state index in [4.69, 9.17) is 0 Å². The SMILES string of the molecule is CN(C)Cc1ccnc([C@H]2CCCN2C(=O)CCCn2cccn2)n1. The van der Waals surface area contributed by atoms with E-state index in [1.165, 1.54) is 0 Å². The normalized spacial score (nSPS) is 17.4. The molecule has 1 aliphatic heterocycles. The molecule has 0 saturated carbocycles. The highest BCUT2D eigenvalue weighted by molar-refractivity contribution is 5.76. The van der Waals surface area contributed by atoms with Crippen molar-refractivity contribution in [2.45, 2.75) is 44.8 Å². The first-order valence-electron chi connectivity index (χ1n) is 8.87. The minimum absolute atomic E-state index is 0.0133. The number of rotatable bonds is 7. The van der Waals surface area contributed by atoms with Gasteiger partial charge in [-0.25, -0.2) is 9.97 Å². The number of likely N-dealkylation sites (tertiary alicyclic amines) is 1. The Morgan fingerprint density at radius 2 is 2.24 bits per heavy atom. The van der Waals surface area contributed by atoms with Crippen molar-refractivity contribution < 1.29 is 4.79 Å². The predicted octanol–water partition coefficient (Wildman–Crippen LogP) is 1.88. The van der Waals surface area contributed by atoms with Crippen LogP contribution in [0, 0.1) is 0 Å². The van der Waals surface area contributed by atoms with Crippen LogP contribution in [0.3, 0.4) is 0 Å². The van der Waals surface area contributed by atoms with Crippen LogP contribution in [-0.4, -0.2) is 56.1 Å². The van der Waals surface area contributed by atoms with E-state index in [1.54, 1.807) is 12.4 Å². The quantitative estimate of drug-likeness (QED) is 0.768. The van der Waals surface area contributed by atoms with Crippen LogP contribution in [0.15, 0.2) is 30.7 Å². The van der Waals surface area contributed by atoms with Gasteiger partial charge in [-0.05, 0) is 45.5 Å². The van der Waals surface area contributed by atoms with E-state index in [1.807, 2.05) is 42.0 Å². The van der Waals surface area contributed by atoms with Crippen LogP contribution < -0.4 is 0 Å². The van der Waals surface area contributed by atoms with Gasteiger partial charge in [0, 0.05) is 44.6 Å². The first kappa shape index (κ1) is 17.5. The third kappa shape index (κ3) is 4.63. The van der Waals surface area contributed by atoms with Gasteiger partial charge in [-0.15, -0.1) is 0 Å². The fraction of sp³-hybridized carbons (Fsp3) is 0.556. The van der Waals surface area contributed by atoms with E-state index in [0.29, 0.717) is 6.42 Å². The molecule has 1 amide bonds. The highest BCUT2D eigenvalue weighted by Crippen LogP contribution is 2.30. The molecule has 0 unspecified atom stereocenters. The molecule has 25 heavy (non-hydrogen) atoms. The molecule has 0 N–H and O–H groups in total. The van der Waals surface area contributed by atoms with Crippen molar-refractivity contribution in [2.24, 2.45) is 0 Å². The molecule has 0 aromatic carbocycles. The lowest BCUT2D eigenvalue weighted by molar-refractivity contribution is -0.132. The molecule has 0 aliphatic carbocycles. The van der Waals surface area contributed by atoms with Gasteiger partial charge in [0.2, 0.25) is 5.91 Å². The maximum atomic E-state index is 12.7. The smallest absolute Gasteiger partial charge is 0.223 e. The molecule has 7 heteroatoms. The molecule has 3 heterocycles. The van der Waals surface area contributed by atoms with Crippen LogP contribution in [0.5, 0.6) is 0 Å². The number of aryl methyl sites for hydroxylation is 1. The summed E-state index contributed by atoms with van der Waals surface area (Å²) in [5.74, 6) is 0.966. The average Bonchev–Trinajstić information content (AvgIpc) is 3.26. The second-order valence-electron chi connectivity index (χ2n) is 6.76. The molecule has 2 aromatic heterocycles. The van der Waals surface area contributed by atoms with Crippen molar-refractivity contribution in [2.75, 3.05) is 20.6 Å². The van der Waals surface area contributed by atoms with Gasteiger partial charge < -0.3 is 9.80 Å². The first-order chi connectivity index (χ1) is 12.1. The number of carbonyl (C=O) groups is 1. The summed E-state index contributed by atoms with van der Waals surface area (Å²) in [6, 6.07) is 3.85. The van der Waals surface area contributed by atoms with E-state index in [0.717, 1.165) is 50.4 Å². The van der Waals surface area contributed by atoms with Crippen LogP contribution >= 0.6 is 0 Å². The molecule has 3 rings (SSSR count). The highest BCUT2D eigenvalue weighted by Gasteiger charge is 2.31. The molecular formula is C18H26N6O. The van der Waals surface area contributed by atoms with Crippen molar-refractivity contribution in [3.8, 4) is 0 Å². The maximum Gasteiger partial charge on any atom is 0.223 e. The summed E-state index contributed by atoms with van der Waals surface area (Å²) >= 11 is 0. The summed E-state index contributed by atoms with van der Waals surface area (Å²) in [5, 5.41) is 4.17. The molecule has 1 aliphatic rings. The number of nitrogens with zero attached hydrogens (tertiary/aromatic N) is 6. The standard InChI is InChI=1S/C18H26N6O/c1-22(2)14-15-8-10-19-18(21-15)16-6-3-13-24(16)17(25)7-4-11-23-12-5-9-20-23/h5,8-10,12,16H,3-4,6-7,11,13-14H2,1-2H3/t16-/m1/s1. The topological polar surface area (TPSA) is 67.2 Å². The zero-order valence-corrected chi connectivity index (χ0v) is 15.0. The van der Waals surface area contributed by atoms with Gasteiger partial charge in [-0.1, -0.05) is 0 Å². The first-order valence-corrected chi connectivity index (χ1v) is 8.87. The Kier molecular flexibility index (Phi) is 5.75. The Bertz CT molecular complexity index is 685. The molecule has 0 bridgehead atoms. The van der Waals surface area contributed by atoms with Crippen LogP contribution in [0.25, 0.3) is 0 Å². The van der Waals surface area contributed by atoms with Crippen molar-refractivity contribution >= 4 is 5.91 Å². The molecule has 0 radical (unpaired) electrons. The Balaban J connectivity index is 1.60. The Hall–Kier alpha value is -2.28. The number of carbonyl (C=O) groups excluding carboxylic acids is 1. The summed E-state index contributed by atoms with van der Waals surface area (Å²) in [6.45, 7) is 2.35. The van der Waals surface area contributed by atoms with Crippen molar-refractivity contribution in [1.29, 1.82) is 0 Å². The Morgan fingerprint density at radius 1 is 1.36 bits per heavy atom. The van der Waals surface area contributed by atoms with Crippen molar-refractivity contribution in [1.82, 2.24) is 29.5 Å². The summed E-state index contributed by atoms with van der Waals surface area (Å²) < 4.78 is 1.86. The molecule has 1 fully saturated rings. The van der Waals surface area contributed by atoms with Crippen molar-refractivity contribution in [3.63, 3.8) is 0 Å². The average molecular weight is 342 g/mol.